The lowest BCUT2D eigenvalue weighted by Crippen LogP contribution is -2.38. The van der Waals surface area contributed by atoms with Gasteiger partial charge in [0.25, 0.3) is 11.1 Å². The van der Waals surface area contributed by atoms with Crippen LogP contribution < -0.4 is 10.1 Å². The molecule has 0 spiro atoms. The fourth-order valence-electron chi connectivity index (χ4n) is 2.81. The molecule has 2 aromatic rings. The van der Waals surface area contributed by atoms with E-state index in [0.717, 1.165) is 22.2 Å². The summed E-state index contributed by atoms with van der Waals surface area (Å²) < 4.78 is 24.3. The first-order valence-electron chi connectivity index (χ1n) is 9.45. The summed E-state index contributed by atoms with van der Waals surface area (Å²) in [6.45, 7) is 0.189. The maximum absolute atomic E-state index is 13.8. The van der Waals surface area contributed by atoms with Crippen LogP contribution in [0.15, 0.2) is 53.4 Å². The summed E-state index contributed by atoms with van der Waals surface area (Å²) in [6, 6.07) is 13.3. The molecule has 1 N–H and O–H groups in total. The van der Waals surface area contributed by atoms with Crippen molar-refractivity contribution in [1.82, 2.24) is 10.2 Å². The van der Waals surface area contributed by atoms with Gasteiger partial charge in [0, 0.05) is 18.7 Å². The van der Waals surface area contributed by atoms with Crippen molar-refractivity contribution in [3.63, 3.8) is 0 Å². The van der Waals surface area contributed by atoms with Gasteiger partial charge in [0.05, 0.1) is 18.6 Å². The number of hydrogen-bond acceptors (Lipinski definition) is 6. The molecular weight excluding hydrogens is 423 g/mol. The Hall–Kier alpha value is -3.17. The number of rotatable bonds is 9. The average molecular weight is 444 g/mol. The Morgan fingerprint density at radius 2 is 2.00 bits per heavy atom. The van der Waals surface area contributed by atoms with Crippen LogP contribution in [-0.4, -0.2) is 48.8 Å². The maximum Gasteiger partial charge on any atom is 0.293 e. The quantitative estimate of drug-likeness (QED) is 0.598. The van der Waals surface area contributed by atoms with Gasteiger partial charge >= 0.3 is 0 Å². The lowest BCUT2D eigenvalue weighted by molar-refractivity contribution is -0.127. The molecule has 162 valence electrons. The summed E-state index contributed by atoms with van der Waals surface area (Å²) in [4.78, 5) is 37.6. The van der Waals surface area contributed by atoms with Crippen molar-refractivity contribution in [2.24, 2.45) is 0 Å². The number of thioether (sulfide) groups is 1. The van der Waals surface area contributed by atoms with Gasteiger partial charge in [0.15, 0.2) is 0 Å². The van der Waals surface area contributed by atoms with E-state index in [-0.39, 0.29) is 42.7 Å². The van der Waals surface area contributed by atoms with E-state index in [0.29, 0.717) is 5.75 Å². The second-order valence-corrected chi connectivity index (χ2v) is 7.54. The third-order valence-electron chi connectivity index (χ3n) is 4.36. The van der Waals surface area contributed by atoms with Crippen LogP contribution in [0.1, 0.15) is 11.1 Å². The third kappa shape index (κ3) is 6.16. The van der Waals surface area contributed by atoms with Gasteiger partial charge in [0.1, 0.15) is 18.2 Å². The zero-order valence-corrected chi connectivity index (χ0v) is 17.6. The van der Waals surface area contributed by atoms with Crippen molar-refractivity contribution in [3.8, 4) is 5.75 Å². The van der Waals surface area contributed by atoms with E-state index < -0.39 is 17.0 Å². The second kappa shape index (κ2) is 10.7. The average Bonchev–Trinajstić information content (AvgIpc) is 3.03. The summed E-state index contributed by atoms with van der Waals surface area (Å²) in [6.07, 6.45) is 1.35. The first-order valence-corrected chi connectivity index (χ1v) is 10.3. The highest BCUT2D eigenvalue weighted by Gasteiger charge is 2.34. The molecule has 0 radical (unpaired) electrons. The number of benzene rings is 2. The Bertz CT molecular complexity index is 1010. The summed E-state index contributed by atoms with van der Waals surface area (Å²) in [5, 5.41) is 2.15. The Kier molecular flexibility index (Phi) is 7.80. The van der Waals surface area contributed by atoms with Crippen molar-refractivity contribution in [2.45, 2.75) is 6.61 Å². The molecule has 0 bridgehead atoms. The van der Waals surface area contributed by atoms with Crippen LogP contribution in [0, 0.1) is 5.82 Å². The van der Waals surface area contributed by atoms with Gasteiger partial charge in [-0.1, -0.05) is 30.3 Å². The number of carbonyl (C=O) groups is 3. The van der Waals surface area contributed by atoms with Crippen LogP contribution in [0.25, 0.3) is 6.08 Å². The molecule has 3 amide bonds. The molecule has 0 aromatic heterocycles. The lowest BCUT2D eigenvalue weighted by atomic mass is 10.2. The molecule has 9 heteroatoms. The molecule has 3 rings (SSSR count). The SMILES string of the molecule is COc1cccc(COCC(=O)NCCN2C(=O)S/C(=C\c3ccccc3F)C2=O)c1. The largest absolute Gasteiger partial charge is 0.497 e. The first kappa shape index (κ1) is 22.5. The number of ether oxygens (including phenoxy) is 2. The lowest BCUT2D eigenvalue weighted by Gasteiger charge is -2.13. The Balaban J connectivity index is 1.43. The van der Waals surface area contributed by atoms with Gasteiger partial charge < -0.3 is 14.8 Å². The maximum atomic E-state index is 13.8. The molecule has 1 aliphatic rings. The van der Waals surface area contributed by atoms with Crippen LogP contribution in [-0.2, 0) is 20.9 Å². The number of nitrogens with one attached hydrogen (secondary N) is 1. The van der Waals surface area contributed by atoms with E-state index in [1.807, 2.05) is 24.3 Å². The van der Waals surface area contributed by atoms with Gasteiger partial charge in [-0.2, -0.15) is 0 Å². The van der Waals surface area contributed by atoms with E-state index >= 15 is 0 Å². The molecule has 0 atom stereocenters. The number of nitrogens with zero attached hydrogens (tertiary/aromatic N) is 1. The number of imide groups is 1. The summed E-state index contributed by atoms with van der Waals surface area (Å²) in [5.41, 5.74) is 1.10. The van der Waals surface area contributed by atoms with Crippen LogP contribution in [0.3, 0.4) is 0 Å². The van der Waals surface area contributed by atoms with Crippen molar-refractivity contribution in [3.05, 3.63) is 70.4 Å². The zero-order chi connectivity index (χ0) is 22.2. The van der Waals surface area contributed by atoms with Crippen LogP contribution in [0.5, 0.6) is 5.75 Å². The van der Waals surface area contributed by atoms with E-state index in [1.165, 1.54) is 18.2 Å². The molecule has 1 aliphatic heterocycles. The van der Waals surface area contributed by atoms with Gasteiger partial charge in [0.2, 0.25) is 5.91 Å². The summed E-state index contributed by atoms with van der Waals surface area (Å²) in [7, 11) is 1.57. The number of amides is 3. The molecule has 1 saturated heterocycles. The molecule has 0 saturated carbocycles. The number of hydrogen-bond donors (Lipinski definition) is 1. The molecule has 7 nitrogen and oxygen atoms in total. The second-order valence-electron chi connectivity index (χ2n) is 6.55. The highest BCUT2D eigenvalue weighted by Crippen LogP contribution is 2.32. The monoisotopic (exact) mass is 444 g/mol. The minimum Gasteiger partial charge on any atom is -0.497 e. The van der Waals surface area contributed by atoms with E-state index in [9.17, 15) is 18.8 Å². The standard InChI is InChI=1S/C22H21FN2O5S/c1-29-17-7-4-5-15(11-17)13-30-14-20(26)24-9-10-25-21(27)19(31-22(25)28)12-16-6-2-3-8-18(16)23/h2-8,11-12H,9-10,13-14H2,1H3,(H,24,26)/b19-12-. The third-order valence-corrected chi connectivity index (χ3v) is 5.27. The molecule has 1 fully saturated rings. The topological polar surface area (TPSA) is 84.9 Å². The minimum absolute atomic E-state index is 0.0148. The smallest absolute Gasteiger partial charge is 0.293 e. The van der Waals surface area contributed by atoms with Crippen LogP contribution in [0.4, 0.5) is 9.18 Å². The fourth-order valence-corrected chi connectivity index (χ4v) is 3.66. The molecule has 1 heterocycles. The van der Waals surface area contributed by atoms with Gasteiger partial charge in [-0.25, -0.2) is 4.39 Å². The highest BCUT2D eigenvalue weighted by molar-refractivity contribution is 8.18. The number of methoxy groups -OCH3 is 1. The van der Waals surface area contributed by atoms with Crippen LogP contribution in [0.2, 0.25) is 0 Å². The van der Waals surface area contributed by atoms with Gasteiger partial charge in [-0.05, 0) is 41.6 Å². The molecule has 0 unspecified atom stereocenters. The Labute approximate surface area is 183 Å². The number of carbonyl (C=O) groups excluding carboxylic acids is 3. The van der Waals surface area contributed by atoms with Gasteiger partial charge in [-0.15, -0.1) is 0 Å². The number of halogens is 1. The zero-order valence-electron chi connectivity index (χ0n) is 16.8. The van der Waals surface area contributed by atoms with Crippen molar-refractivity contribution < 1.29 is 28.2 Å². The minimum atomic E-state index is -0.512. The molecule has 31 heavy (non-hydrogen) atoms. The van der Waals surface area contributed by atoms with E-state index in [2.05, 4.69) is 5.32 Å². The molecule has 0 aliphatic carbocycles. The predicted molar refractivity (Wildman–Crippen MR) is 115 cm³/mol. The van der Waals surface area contributed by atoms with E-state index in [4.69, 9.17) is 9.47 Å². The predicted octanol–water partition coefficient (Wildman–Crippen LogP) is 3.20. The van der Waals surface area contributed by atoms with E-state index in [1.54, 1.807) is 19.2 Å². The highest BCUT2D eigenvalue weighted by atomic mass is 32.2. The van der Waals surface area contributed by atoms with Crippen molar-refractivity contribution in [1.29, 1.82) is 0 Å². The molecular formula is C22H21FN2O5S. The summed E-state index contributed by atoms with van der Waals surface area (Å²) >= 11 is 0.743. The Morgan fingerprint density at radius 3 is 2.77 bits per heavy atom. The molecule has 2 aromatic carbocycles. The van der Waals surface area contributed by atoms with Gasteiger partial charge in [-0.3, -0.25) is 19.3 Å². The van der Waals surface area contributed by atoms with Crippen molar-refractivity contribution in [2.75, 3.05) is 26.8 Å². The normalized spacial score (nSPS) is 14.9. The summed E-state index contributed by atoms with van der Waals surface area (Å²) in [5.74, 6) is -0.652. The Morgan fingerprint density at radius 1 is 1.19 bits per heavy atom. The van der Waals surface area contributed by atoms with Crippen LogP contribution >= 0.6 is 11.8 Å². The fraction of sp³-hybridized carbons (Fsp3) is 0.227. The van der Waals surface area contributed by atoms with Crippen molar-refractivity contribution >= 4 is 34.9 Å². The first-order chi connectivity index (χ1) is 15.0.